The fourth-order valence-corrected chi connectivity index (χ4v) is 2.58. The van der Waals surface area contributed by atoms with E-state index in [0.717, 1.165) is 31.7 Å². The lowest BCUT2D eigenvalue weighted by Gasteiger charge is -2.22. The van der Waals surface area contributed by atoms with Crippen molar-refractivity contribution in [3.05, 3.63) is 24.4 Å². The van der Waals surface area contributed by atoms with E-state index in [0.29, 0.717) is 12.0 Å². The minimum atomic E-state index is -0.00761. The molecule has 1 aromatic rings. The van der Waals surface area contributed by atoms with Gasteiger partial charge in [-0.2, -0.15) is 0 Å². The zero-order valence-electron chi connectivity index (χ0n) is 16.1. The molecule has 2 unspecified atom stereocenters. The maximum absolute atomic E-state index is 11.8. The molecule has 0 radical (unpaired) electrons. The number of anilines is 1. The van der Waals surface area contributed by atoms with Gasteiger partial charge in [0.1, 0.15) is 12.4 Å². The Morgan fingerprint density at radius 3 is 2.85 bits per heavy atom. The van der Waals surface area contributed by atoms with Crippen molar-refractivity contribution >= 4 is 41.7 Å². The van der Waals surface area contributed by atoms with Gasteiger partial charge in [0.05, 0.1) is 0 Å². The van der Waals surface area contributed by atoms with Gasteiger partial charge >= 0.3 is 0 Å². The molecule has 1 saturated heterocycles. The first-order valence-corrected chi connectivity index (χ1v) is 8.93. The molecule has 0 spiro atoms. The number of hydrogen-bond acceptors (Lipinski definition) is 4. The molecule has 2 rings (SSSR count). The fourth-order valence-electron chi connectivity index (χ4n) is 2.58. The molecule has 146 valence electrons. The number of pyridine rings is 1. The van der Waals surface area contributed by atoms with Gasteiger partial charge in [0.2, 0.25) is 5.91 Å². The van der Waals surface area contributed by atoms with Crippen molar-refractivity contribution in [3.63, 3.8) is 0 Å². The van der Waals surface area contributed by atoms with Crippen molar-refractivity contribution in [2.45, 2.75) is 38.8 Å². The monoisotopic (exact) mass is 474 g/mol. The van der Waals surface area contributed by atoms with Crippen LogP contribution in [0.2, 0.25) is 0 Å². The molecule has 1 fully saturated rings. The molecule has 0 aliphatic carbocycles. The van der Waals surface area contributed by atoms with Gasteiger partial charge in [-0.1, -0.05) is 13.0 Å². The molecule has 7 nitrogen and oxygen atoms in total. The van der Waals surface area contributed by atoms with Crippen LogP contribution in [0, 0.1) is 0 Å². The second-order valence-corrected chi connectivity index (χ2v) is 6.67. The Bertz CT molecular complexity index is 580. The summed E-state index contributed by atoms with van der Waals surface area (Å²) in [5.74, 6) is 1.70. The van der Waals surface area contributed by atoms with E-state index in [-0.39, 0.29) is 42.5 Å². The third-order valence-electron chi connectivity index (χ3n) is 4.37. The molecule has 1 aliphatic rings. The first-order chi connectivity index (χ1) is 12.0. The second-order valence-electron chi connectivity index (χ2n) is 6.67. The summed E-state index contributed by atoms with van der Waals surface area (Å²) in [6, 6.07) is 6.55. The van der Waals surface area contributed by atoms with E-state index in [1.165, 1.54) is 0 Å². The van der Waals surface area contributed by atoms with Gasteiger partial charge in [-0.25, -0.2) is 9.98 Å². The Hall–Kier alpha value is -1.58. The molecular formula is C18H31IN6O. The predicted octanol–water partition coefficient (Wildman–Crippen LogP) is 1.70. The number of carbonyl (C=O) groups excluding carboxylic acids is 1. The van der Waals surface area contributed by atoms with Gasteiger partial charge in [0.15, 0.2) is 5.96 Å². The number of rotatable bonds is 6. The van der Waals surface area contributed by atoms with E-state index in [1.54, 1.807) is 19.0 Å². The molecule has 26 heavy (non-hydrogen) atoms. The molecule has 8 heteroatoms. The van der Waals surface area contributed by atoms with Crippen LogP contribution in [-0.4, -0.2) is 67.6 Å². The number of nitrogens with one attached hydrogen (secondary N) is 2. The number of carbonyl (C=O) groups is 1. The highest BCUT2D eigenvalue weighted by atomic mass is 127. The largest absolute Gasteiger partial charge is 0.354 e. The van der Waals surface area contributed by atoms with Crippen LogP contribution < -0.4 is 15.5 Å². The van der Waals surface area contributed by atoms with Gasteiger partial charge < -0.3 is 20.4 Å². The second kappa shape index (κ2) is 11.2. The third-order valence-corrected chi connectivity index (χ3v) is 4.37. The number of aromatic nitrogens is 1. The highest BCUT2D eigenvalue weighted by Gasteiger charge is 2.24. The molecule has 0 saturated carbocycles. The minimum Gasteiger partial charge on any atom is -0.354 e. The molecule has 2 atom stereocenters. The van der Waals surface area contributed by atoms with Crippen molar-refractivity contribution in [3.8, 4) is 0 Å². The molecular weight excluding hydrogens is 443 g/mol. The normalized spacial score (nSPS) is 18.1. The number of guanidine groups is 1. The van der Waals surface area contributed by atoms with Crippen molar-refractivity contribution in [2.24, 2.45) is 4.99 Å². The molecule has 1 aromatic heterocycles. The average molecular weight is 474 g/mol. The van der Waals surface area contributed by atoms with E-state index < -0.39 is 0 Å². The predicted molar refractivity (Wildman–Crippen MR) is 117 cm³/mol. The highest BCUT2D eigenvalue weighted by molar-refractivity contribution is 14.0. The zero-order chi connectivity index (χ0) is 18.2. The average Bonchev–Trinajstić information content (AvgIpc) is 3.08. The Balaban J connectivity index is 0.00000338. The van der Waals surface area contributed by atoms with Crippen LogP contribution in [0.1, 0.15) is 26.7 Å². The van der Waals surface area contributed by atoms with E-state index in [2.05, 4.69) is 39.4 Å². The highest BCUT2D eigenvalue weighted by Crippen LogP contribution is 2.17. The van der Waals surface area contributed by atoms with Gasteiger partial charge in [0, 0.05) is 45.5 Å². The van der Waals surface area contributed by atoms with Crippen LogP contribution in [0.5, 0.6) is 0 Å². The number of likely N-dealkylation sites (N-methyl/N-ethyl adjacent to an activating group) is 1. The summed E-state index contributed by atoms with van der Waals surface area (Å²) in [4.78, 5) is 24.5. The van der Waals surface area contributed by atoms with Crippen LogP contribution in [0.15, 0.2) is 29.4 Å². The third kappa shape index (κ3) is 6.97. The van der Waals surface area contributed by atoms with Crippen molar-refractivity contribution in [1.82, 2.24) is 20.5 Å². The van der Waals surface area contributed by atoms with Crippen LogP contribution in [0.4, 0.5) is 5.82 Å². The standard InChI is InChI=1S/C18H30N6O.HI/c1-5-14(2)21-18(20-12-17(25)23(3)4)22-15-9-11-24(13-15)16-8-6-7-10-19-16;/h6-8,10,14-15H,5,9,11-13H2,1-4H3,(H2,20,21,22);1H. The van der Waals surface area contributed by atoms with E-state index in [9.17, 15) is 4.79 Å². The van der Waals surface area contributed by atoms with Crippen molar-refractivity contribution < 1.29 is 4.79 Å². The van der Waals surface area contributed by atoms with Crippen molar-refractivity contribution in [2.75, 3.05) is 38.6 Å². The first kappa shape index (κ1) is 22.5. The number of amides is 1. The Kier molecular flexibility index (Phi) is 9.68. The lowest BCUT2D eigenvalue weighted by Crippen LogP contribution is -2.48. The fraction of sp³-hybridized carbons (Fsp3) is 0.611. The Morgan fingerprint density at radius 2 is 2.23 bits per heavy atom. The SMILES string of the molecule is CCC(C)NC(=NCC(=O)N(C)C)NC1CCN(c2ccccn2)C1.I. The lowest BCUT2D eigenvalue weighted by atomic mass is 10.2. The zero-order valence-corrected chi connectivity index (χ0v) is 18.4. The molecule has 2 heterocycles. The summed E-state index contributed by atoms with van der Waals surface area (Å²) in [6.45, 7) is 6.22. The summed E-state index contributed by atoms with van der Waals surface area (Å²) in [5.41, 5.74) is 0. The molecule has 1 amide bonds. The topological polar surface area (TPSA) is 72.9 Å². The maximum atomic E-state index is 11.8. The maximum Gasteiger partial charge on any atom is 0.243 e. The van der Waals surface area contributed by atoms with E-state index in [4.69, 9.17) is 0 Å². The van der Waals surface area contributed by atoms with E-state index >= 15 is 0 Å². The van der Waals surface area contributed by atoms with Gasteiger partial charge in [-0.05, 0) is 31.9 Å². The number of aliphatic imine (C=N–C) groups is 1. The van der Waals surface area contributed by atoms with Crippen LogP contribution in [-0.2, 0) is 4.79 Å². The lowest BCUT2D eigenvalue weighted by molar-refractivity contribution is -0.127. The van der Waals surface area contributed by atoms with Gasteiger partial charge in [-0.3, -0.25) is 4.79 Å². The Morgan fingerprint density at radius 1 is 1.46 bits per heavy atom. The van der Waals surface area contributed by atoms with Crippen molar-refractivity contribution in [1.29, 1.82) is 0 Å². The molecule has 1 aliphatic heterocycles. The summed E-state index contributed by atoms with van der Waals surface area (Å²) in [7, 11) is 3.49. The first-order valence-electron chi connectivity index (χ1n) is 8.93. The summed E-state index contributed by atoms with van der Waals surface area (Å²) in [6.07, 6.45) is 3.83. The van der Waals surface area contributed by atoms with E-state index in [1.807, 2.05) is 24.4 Å². The van der Waals surface area contributed by atoms with Crippen LogP contribution in [0.25, 0.3) is 0 Å². The van der Waals surface area contributed by atoms with Crippen LogP contribution in [0.3, 0.4) is 0 Å². The number of nitrogens with zero attached hydrogens (tertiary/aromatic N) is 4. The number of halogens is 1. The molecule has 0 bridgehead atoms. The quantitative estimate of drug-likeness (QED) is 0.373. The minimum absolute atomic E-state index is 0. The summed E-state index contributed by atoms with van der Waals surface area (Å²) in [5, 5.41) is 6.85. The summed E-state index contributed by atoms with van der Waals surface area (Å²) < 4.78 is 0. The number of hydrogen-bond donors (Lipinski definition) is 2. The molecule has 2 N–H and O–H groups in total. The van der Waals surface area contributed by atoms with Gasteiger partial charge in [-0.15, -0.1) is 24.0 Å². The van der Waals surface area contributed by atoms with Gasteiger partial charge in [0.25, 0.3) is 0 Å². The molecule has 0 aromatic carbocycles. The summed E-state index contributed by atoms with van der Waals surface area (Å²) >= 11 is 0. The Labute approximate surface area is 173 Å². The smallest absolute Gasteiger partial charge is 0.243 e. The van der Waals surface area contributed by atoms with Crippen LogP contribution >= 0.6 is 24.0 Å².